The number of carbonyl (C=O) groups is 2. The first-order valence-electron chi connectivity index (χ1n) is 10.5. The summed E-state index contributed by atoms with van der Waals surface area (Å²) >= 11 is 0. The van der Waals surface area contributed by atoms with Gasteiger partial charge in [0, 0.05) is 37.9 Å². The molecular formula is C21H30N6O2. The molecule has 0 aromatic carbocycles. The van der Waals surface area contributed by atoms with Gasteiger partial charge in [0.2, 0.25) is 5.91 Å². The van der Waals surface area contributed by atoms with Crippen LogP contribution in [0.2, 0.25) is 0 Å². The maximum Gasteiger partial charge on any atom is 0.276 e. The molecule has 2 heterocycles. The number of pyridine rings is 1. The monoisotopic (exact) mass is 398 g/mol. The van der Waals surface area contributed by atoms with Crippen molar-refractivity contribution >= 4 is 11.8 Å². The van der Waals surface area contributed by atoms with Crippen molar-refractivity contribution in [1.82, 2.24) is 30.2 Å². The highest BCUT2D eigenvalue weighted by Gasteiger charge is 2.25. The van der Waals surface area contributed by atoms with E-state index in [9.17, 15) is 9.59 Å². The maximum atomic E-state index is 12.4. The van der Waals surface area contributed by atoms with Gasteiger partial charge >= 0.3 is 0 Å². The molecule has 0 bridgehead atoms. The Labute approximate surface area is 171 Å². The summed E-state index contributed by atoms with van der Waals surface area (Å²) in [6.07, 6.45) is 10.1. The lowest BCUT2D eigenvalue weighted by Gasteiger charge is -2.29. The second kappa shape index (κ2) is 10.1. The van der Waals surface area contributed by atoms with Gasteiger partial charge in [0.1, 0.15) is 0 Å². The summed E-state index contributed by atoms with van der Waals surface area (Å²) in [7, 11) is 0. The second-order valence-corrected chi connectivity index (χ2v) is 7.50. The van der Waals surface area contributed by atoms with Crippen molar-refractivity contribution in [3.05, 3.63) is 42.0 Å². The molecule has 156 valence electrons. The lowest BCUT2D eigenvalue weighted by atomic mass is 9.91. The van der Waals surface area contributed by atoms with Gasteiger partial charge in [-0.1, -0.05) is 11.3 Å². The van der Waals surface area contributed by atoms with Crippen LogP contribution in [0, 0.1) is 0 Å². The van der Waals surface area contributed by atoms with Crippen molar-refractivity contribution in [3.8, 4) is 0 Å². The molecule has 1 aliphatic rings. The standard InChI is InChI=1S/C21H30N6O2/c1-3-26(4-2)21(29)19-15-27(25-24-19)18-10-8-17(9-11-18)23-20(28)12-7-16-6-5-13-22-14-16/h5-6,13-15,17-18H,3-4,7-12H2,1-2H3,(H,23,28). The van der Waals surface area contributed by atoms with Gasteiger partial charge in [0.15, 0.2) is 5.69 Å². The van der Waals surface area contributed by atoms with Crippen LogP contribution in [-0.2, 0) is 11.2 Å². The van der Waals surface area contributed by atoms with E-state index < -0.39 is 0 Å². The highest BCUT2D eigenvalue weighted by Crippen LogP contribution is 2.28. The molecule has 3 rings (SSSR count). The Morgan fingerprint density at radius 2 is 1.97 bits per heavy atom. The molecule has 2 aromatic rings. The number of rotatable bonds is 8. The van der Waals surface area contributed by atoms with Crippen LogP contribution in [0.4, 0.5) is 0 Å². The van der Waals surface area contributed by atoms with Gasteiger partial charge in [0.25, 0.3) is 5.91 Å². The first kappa shape index (κ1) is 21.0. The quantitative estimate of drug-likeness (QED) is 0.737. The minimum Gasteiger partial charge on any atom is -0.353 e. The Kier molecular flexibility index (Phi) is 7.32. The third-order valence-electron chi connectivity index (χ3n) is 5.58. The maximum absolute atomic E-state index is 12.4. The van der Waals surface area contributed by atoms with E-state index in [1.165, 1.54) is 0 Å². The molecule has 0 atom stereocenters. The molecule has 2 aromatic heterocycles. The zero-order chi connectivity index (χ0) is 20.6. The minimum absolute atomic E-state index is 0.0733. The molecule has 0 unspecified atom stereocenters. The number of hydrogen-bond donors (Lipinski definition) is 1. The average molecular weight is 399 g/mol. The van der Waals surface area contributed by atoms with Gasteiger partial charge in [-0.2, -0.15) is 0 Å². The predicted octanol–water partition coefficient (Wildman–Crippen LogP) is 2.39. The van der Waals surface area contributed by atoms with Gasteiger partial charge in [-0.15, -0.1) is 5.10 Å². The van der Waals surface area contributed by atoms with Crippen molar-refractivity contribution in [2.75, 3.05) is 13.1 Å². The lowest BCUT2D eigenvalue weighted by molar-refractivity contribution is -0.122. The zero-order valence-electron chi connectivity index (χ0n) is 17.3. The van der Waals surface area contributed by atoms with Crippen LogP contribution >= 0.6 is 0 Å². The molecule has 8 heteroatoms. The fourth-order valence-corrected chi connectivity index (χ4v) is 3.81. The lowest BCUT2D eigenvalue weighted by Crippen LogP contribution is -2.38. The summed E-state index contributed by atoms with van der Waals surface area (Å²) in [5.74, 6) is 0.0148. The molecule has 1 aliphatic carbocycles. The van der Waals surface area contributed by atoms with Crippen molar-refractivity contribution in [2.24, 2.45) is 0 Å². The summed E-state index contributed by atoms with van der Waals surface area (Å²) < 4.78 is 1.82. The Morgan fingerprint density at radius 1 is 1.21 bits per heavy atom. The normalized spacial score (nSPS) is 19.0. The zero-order valence-corrected chi connectivity index (χ0v) is 17.3. The van der Waals surface area contributed by atoms with E-state index in [-0.39, 0.29) is 23.9 Å². The van der Waals surface area contributed by atoms with Crippen LogP contribution < -0.4 is 5.32 Å². The molecule has 2 amide bonds. The number of nitrogens with one attached hydrogen (secondary N) is 1. The molecule has 1 fully saturated rings. The Balaban J connectivity index is 1.44. The average Bonchev–Trinajstić information content (AvgIpc) is 3.25. The third-order valence-corrected chi connectivity index (χ3v) is 5.58. The molecule has 1 saturated carbocycles. The predicted molar refractivity (Wildman–Crippen MR) is 109 cm³/mol. The molecular weight excluding hydrogens is 368 g/mol. The summed E-state index contributed by atoms with van der Waals surface area (Å²) in [6, 6.07) is 4.31. The van der Waals surface area contributed by atoms with Crippen LogP contribution in [0.3, 0.4) is 0 Å². The van der Waals surface area contributed by atoms with Crippen LogP contribution in [0.5, 0.6) is 0 Å². The third kappa shape index (κ3) is 5.62. The number of nitrogens with zero attached hydrogens (tertiary/aromatic N) is 5. The first-order valence-corrected chi connectivity index (χ1v) is 10.5. The summed E-state index contributed by atoms with van der Waals surface area (Å²) in [4.78, 5) is 30.5. The molecule has 0 saturated heterocycles. The smallest absolute Gasteiger partial charge is 0.276 e. The highest BCUT2D eigenvalue weighted by atomic mass is 16.2. The minimum atomic E-state index is -0.0733. The Bertz CT molecular complexity index is 795. The summed E-state index contributed by atoms with van der Waals surface area (Å²) in [5, 5.41) is 11.4. The van der Waals surface area contributed by atoms with Crippen LogP contribution in [-0.4, -0.2) is 55.8 Å². The van der Waals surface area contributed by atoms with Crippen LogP contribution in [0.1, 0.15) is 68.0 Å². The van der Waals surface area contributed by atoms with E-state index in [1.54, 1.807) is 23.5 Å². The molecule has 0 spiro atoms. The van der Waals surface area contributed by atoms with E-state index in [1.807, 2.05) is 30.7 Å². The summed E-state index contributed by atoms with van der Waals surface area (Å²) in [6.45, 7) is 5.23. The van der Waals surface area contributed by atoms with E-state index in [4.69, 9.17) is 0 Å². The Morgan fingerprint density at radius 3 is 2.62 bits per heavy atom. The number of aryl methyl sites for hydroxylation is 1. The largest absolute Gasteiger partial charge is 0.353 e. The van der Waals surface area contributed by atoms with Crippen molar-refractivity contribution in [1.29, 1.82) is 0 Å². The first-order chi connectivity index (χ1) is 14.1. The molecule has 0 radical (unpaired) electrons. The fraction of sp³-hybridized carbons (Fsp3) is 0.571. The van der Waals surface area contributed by atoms with Gasteiger partial charge in [0.05, 0.1) is 12.2 Å². The number of aromatic nitrogens is 4. The van der Waals surface area contributed by atoms with E-state index in [0.29, 0.717) is 31.6 Å². The van der Waals surface area contributed by atoms with Crippen molar-refractivity contribution < 1.29 is 9.59 Å². The van der Waals surface area contributed by atoms with E-state index in [2.05, 4.69) is 20.6 Å². The number of hydrogen-bond acceptors (Lipinski definition) is 5. The van der Waals surface area contributed by atoms with Gasteiger partial charge in [-0.25, -0.2) is 4.68 Å². The van der Waals surface area contributed by atoms with Crippen LogP contribution in [0.25, 0.3) is 0 Å². The number of carbonyl (C=O) groups excluding carboxylic acids is 2. The van der Waals surface area contributed by atoms with Crippen molar-refractivity contribution in [3.63, 3.8) is 0 Å². The van der Waals surface area contributed by atoms with E-state index >= 15 is 0 Å². The Hall–Kier alpha value is -2.77. The SMILES string of the molecule is CCN(CC)C(=O)c1cn(C2CCC(NC(=O)CCc3cccnc3)CC2)nn1. The van der Waals surface area contributed by atoms with Gasteiger partial charge < -0.3 is 10.2 Å². The second-order valence-electron chi connectivity index (χ2n) is 7.50. The molecule has 1 N–H and O–H groups in total. The van der Waals surface area contributed by atoms with Crippen molar-refractivity contribution in [2.45, 2.75) is 64.5 Å². The topological polar surface area (TPSA) is 93.0 Å². The number of amides is 2. The summed E-state index contributed by atoms with van der Waals surface area (Å²) in [5.41, 5.74) is 1.48. The molecule has 0 aliphatic heterocycles. The molecule has 29 heavy (non-hydrogen) atoms. The molecule has 8 nitrogen and oxygen atoms in total. The fourth-order valence-electron chi connectivity index (χ4n) is 3.81. The van der Waals surface area contributed by atoms with Gasteiger partial charge in [-0.3, -0.25) is 14.6 Å². The van der Waals surface area contributed by atoms with Crippen LogP contribution in [0.15, 0.2) is 30.7 Å². The highest BCUT2D eigenvalue weighted by molar-refractivity contribution is 5.91. The van der Waals surface area contributed by atoms with Gasteiger partial charge in [-0.05, 0) is 57.6 Å². The van der Waals surface area contributed by atoms with E-state index in [0.717, 1.165) is 31.2 Å².